The highest BCUT2D eigenvalue weighted by atomic mass is 31.2. The predicted octanol–water partition coefficient (Wildman–Crippen LogP) is 7.99. The number of unbranched alkanes of at least 4 members (excludes halogenated alkanes) is 11. The van der Waals surface area contributed by atoms with E-state index in [9.17, 15) is 24.4 Å². The third-order valence-corrected chi connectivity index (χ3v) is 11.0. The molecule has 300 valence electrons. The predicted molar refractivity (Wildman–Crippen MR) is 201 cm³/mol. The van der Waals surface area contributed by atoms with E-state index in [4.69, 9.17) is 33.7 Å². The van der Waals surface area contributed by atoms with Crippen molar-refractivity contribution < 1.29 is 41.8 Å². The van der Waals surface area contributed by atoms with Crippen LogP contribution in [-0.4, -0.2) is 62.4 Å². The van der Waals surface area contributed by atoms with E-state index in [1.165, 1.54) is 74.3 Å². The first-order valence-corrected chi connectivity index (χ1v) is 20.8. The van der Waals surface area contributed by atoms with Crippen LogP contribution in [0.3, 0.4) is 0 Å². The van der Waals surface area contributed by atoms with Crippen molar-refractivity contribution in [2.45, 2.75) is 147 Å². The molecule has 5 rings (SSSR count). The smallest absolute Gasteiger partial charge is 0.382 e. The maximum atomic E-state index is 14.1. The van der Waals surface area contributed by atoms with Crippen molar-refractivity contribution in [2.24, 2.45) is 0 Å². The van der Waals surface area contributed by atoms with Gasteiger partial charge < -0.3 is 29.6 Å². The highest BCUT2D eigenvalue weighted by molar-refractivity contribution is 7.47. The second kappa shape index (κ2) is 19.6. The Kier molecular flexibility index (Phi) is 15.2. The molecule has 2 saturated heterocycles. The minimum atomic E-state index is -4.79. The van der Waals surface area contributed by atoms with Crippen molar-refractivity contribution >= 4 is 19.2 Å². The van der Waals surface area contributed by atoms with Crippen molar-refractivity contribution in [3.8, 4) is 12.1 Å². The van der Waals surface area contributed by atoms with E-state index in [2.05, 4.69) is 23.1 Å². The molecule has 0 aliphatic carbocycles. The minimum absolute atomic E-state index is 0.0384. The molecule has 3 N–H and O–H groups in total. The zero-order chi connectivity index (χ0) is 39.5. The van der Waals surface area contributed by atoms with Gasteiger partial charge in [-0.25, -0.2) is 18.5 Å². The molecule has 0 spiro atoms. The first-order chi connectivity index (χ1) is 26.4. The second-order valence-electron chi connectivity index (χ2n) is 14.9. The van der Waals surface area contributed by atoms with Gasteiger partial charge in [-0.2, -0.15) is 15.6 Å². The van der Waals surface area contributed by atoms with Gasteiger partial charge in [0.25, 0.3) is 0 Å². The van der Waals surface area contributed by atoms with Gasteiger partial charge in [0.2, 0.25) is 5.60 Å². The summed E-state index contributed by atoms with van der Waals surface area (Å²) in [6.45, 7) is 4.59. The topological polar surface area (TPSA) is 196 Å². The third kappa shape index (κ3) is 11.5. The molecule has 0 saturated carbocycles. The molecule has 2 aliphatic rings. The Morgan fingerprint density at radius 3 is 2.36 bits per heavy atom. The van der Waals surface area contributed by atoms with Gasteiger partial charge >= 0.3 is 7.82 Å². The molecule has 0 radical (unpaired) electrons. The number of anilines is 1. The standard InChI is InChI=1S/C39H54FN6O8P/c1-4-5-6-7-8-9-10-11-12-13-14-15-16-31(49-23-29-19-28(22-41)20-30(40)21-29)24-50-55(47,48)51-26-39(25-42)36-35(52-38(2,3)54-36)34(53-39)32-17-18-33-37(43)44-27-45-46(32)33/h17-21,27,31,34-36H,4-16,23-24,26H2,1-3H3,(H,47,48)(H2,43,44,45)/t31-,34-,35-,36-,39+/m0/s1. The maximum Gasteiger partial charge on any atom is 0.472 e. The highest BCUT2D eigenvalue weighted by Gasteiger charge is 2.65. The number of fused-ring (bicyclic) bond motifs is 2. The summed E-state index contributed by atoms with van der Waals surface area (Å²) in [4.78, 5) is 14.9. The molecular formula is C39H54FN6O8P. The zero-order valence-corrected chi connectivity index (χ0v) is 32.9. The van der Waals surface area contributed by atoms with Crippen LogP contribution in [0.15, 0.2) is 36.7 Å². The zero-order valence-electron chi connectivity index (χ0n) is 32.0. The molecule has 16 heteroatoms. The number of ether oxygens (including phenoxy) is 4. The van der Waals surface area contributed by atoms with E-state index in [-0.39, 0.29) is 24.6 Å². The van der Waals surface area contributed by atoms with E-state index >= 15 is 0 Å². The number of nitrogen functional groups attached to an aromatic ring is 1. The summed E-state index contributed by atoms with van der Waals surface area (Å²) in [6.07, 6.45) is 12.6. The fourth-order valence-electron chi connectivity index (χ4n) is 7.22. The number of halogens is 1. The molecule has 14 nitrogen and oxygen atoms in total. The largest absolute Gasteiger partial charge is 0.472 e. The number of rotatable bonds is 23. The van der Waals surface area contributed by atoms with E-state index in [1.54, 1.807) is 26.0 Å². The van der Waals surface area contributed by atoms with Crippen LogP contribution in [0.4, 0.5) is 10.2 Å². The molecule has 55 heavy (non-hydrogen) atoms. The Labute approximate surface area is 322 Å². The van der Waals surface area contributed by atoms with Crippen LogP contribution in [0, 0.1) is 28.5 Å². The second-order valence-corrected chi connectivity index (χ2v) is 16.3. The number of benzene rings is 1. The lowest BCUT2D eigenvalue weighted by molar-refractivity contribution is -0.204. The number of phosphoric ester groups is 1. The summed E-state index contributed by atoms with van der Waals surface area (Å²) >= 11 is 0. The van der Waals surface area contributed by atoms with Crippen molar-refractivity contribution in [3.05, 3.63) is 59.3 Å². The van der Waals surface area contributed by atoms with Crippen LogP contribution in [-0.2, 0) is 39.2 Å². The first-order valence-electron chi connectivity index (χ1n) is 19.3. The number of nitrogens with two attached hydrogens (primary N) is 1. The fraction of sp³-hybridized carbons (Fsp3) is 0.641. The number of phosphoric acid groups is 1. The number of hydrogen-bond acceptors (Lipinski definition) is 12. The summed E-state index contributed by atoms with van der Waals surface area (Å²) in [7, 11) is -4.79. The van der Waals surface area contributed by atoms with Crippen LogP contribution < -0.4 is 5.73 Å². The van der Waals surface area contributed by atoms with Gasteiger partial charge in [0, 0.05) is 0 Å². The van der Waals surface area contributed by atoms with Gasteiger partial charge in [0.1, 0.15) is 48.6 Å². The van der Waals surface area contributed by atoms with E-state index in [1.807, 2.05) is 6.07 Å². The van der Waals surface area contributed by atoms with Crippen LogP contribution in [0.2, 0.25) is 0 Å². The Hall–Kier alpha value is -3.50. The quantitative estimate of drug-likeness (QED) is 0.0694. The first kappa shape index (κ1) is 42.6. The molecule has 4 heterocycles. The summed E-state index contributed by atoms with van der Waals surface area (Å²) in [5.41, 5.74) is 5.82. The molecular weight excluding hydrogens is 730 g/mol. The average Bonchev–Trinajstić information content (AvgIpc) is 3.82. The van der Waals surface area contributed by atoms with E-state index in [0.29, 0.717) is 23.2 Å². The molecule has 2 fully saturated rings. The van der Waals surface area contributed by atoms with Crippen molar-refractivity contribution in [1.29, 1.82) is 10.5 Å². The van der Waals surface area contributed by atoms with Crippen LogP contribution in [0.5, 0.6) is 0 Å². The summed E-state index contributed by atoms with van der Waals surface area (Å²) in [6, 6.07) is 11.4. The monoisotopic (exact) mass is 784 g/mol. The Bertz CT molecular complexity index is 1850. The van der Waals surface area contributed by atoms with Crippen molar-refractivity contribution in [2.75, 3.05) is 18.9 Å². The normalized spacial score (nSPS) is 23.3. The number of nitrogens with zero attached hydrogens (tertiary/aromatic N) is 5. The van der Waals surface area contributed by atoms with Crippen molar-refractivity contribution in [1.82, 2.24) is 14.6 Å². The van der Waals surface area contributed by atoms with Crippen molar-refractivity contribution in [3.63, 3.8) is 0 Å². The van der Waals surface area contributed by atoms with E-state index in [0.717, 1.165) is 31.7 Å². The van der Waals surface area contributed by atoms with Gasteiger partial charge in [-0.15, -0.1) is 0 Å². The Balaban J connectivity index is 1.18. The fourth-order valence-corrected chi connectivity index (χ4v) is 8.00. The number of hydrogen-bond donors (Lipinski definition) is 2. The number of nitriles is 2. The lowest BCUT2D eigenvalue weighted by Crippen LogP contribution is -2.45. The molecule has 0 amide bonds. The summed E-state index contributed by atoms with van der Waals surface area (Å²) in [5.74, 6) is -1.42. The summed E-state index contributed by atoms with van der Waals surface area (Å²) in [5, 5.41) is 24.0. The molecule has 1 unspecified atom stereocenters. The van der Waals surface area contributed by atoms with Gasteiger partial charge in [0.05, 0.1) is 36.6 Å². The maximum absolute atomic E-state index is 14.1. The lowest BCUT2D eigenvalue weighted by Gasteiger charge is -2.29. The van der Waals surface area contributed by atoms with Gasteiger partial charge in [0.15, 0.2) is 11.6 Å². The SMILES string of the molecule is CCCCCCCCCCCCCC[C@@H](COP(=O)(O)OC[C@@]1(C#N)O[C@@H](c2ccc3c(N)ncnn23)[C@@H]2OC(C)(C)O[C@@H]21)OCc1cc(F)cc(C#N)c1. The average molecular weight is 785 g/mol. The van der Waals surface area contributed by atoms with Crippen LogP contribution in [0.25, 0.3) is 5.52 Å². The summed E-state index contributed by atoms with van der Waals surface area (Å²) < 4.78 is 64.5. The Morgan fingerprint density at radius 2 is 1.69 bits per heavy atom. The minimum Gasteiger partial charge on any atom is -0.382 e. The third-order valence-electron chi connectivity index (χ3n) is 10.0. The molecule has 0 bridgehead atoms. The van der Waals surface area contributed by atoms with Crippen LogP contribution in [0.1, 0.15) is 127 Å². The van der Waals surface area contributed by atoms with E-state index < -0.39 is 56.1 Å². The molecule has 6 atom stereocenters. The molecule has 3 aromatic rings. The molecule has 2 aromatic heterocycles. The molecule has 2 aliphatic heterocycles. The Morgan fingerprint density at radius 1 is 1.00 bits per heavy atom. The highest BCUT2D eigenvalue weighted by Crippen LogP contribution is 2.52. The van der Waals surface area contributed by atoms with Gasteiger partial charge in [-0.3, -0.25) is 9.05 Å². The van der Waals surface area contributed by atoms with Gasteiger partial charge in [-0.05, 0) is 56.2 Å². The lowest BCUT2D eigenvalue weighted by atomic mass is 9.96. The molecule has 1 aromatic carbocycles. The van der Waals surface area contributed by atoms with Gasteiger partial charge in [-0.1, -0.05) is 84.0 Å². The van der Waals surface area contributed by atoms with Crippen LogP contribution >= 0.6 is 7.82 Å². The number of aromatic nitrogens is 3.